The molecule has 0 radical (unpaired) electrons. The van der Waals surface area contributed by atoms with Crippen LogP contribution in [0.1, 0.15) is 79.1 Å². The van der Waals surface area contributed by atoms with Crippen LogP contribution >= 0.6 is 0 Å². The Bertz CT molecular complexity index is 534. The van der Waals surface area contributed by atoms with Crippen molar-refractivity contribution in [2.24, 2.45) is 0 Å². The topological polar surface area (TPSA) is 142 Å². The number of hydrogen-bond acceptors (Lipinski definition) is 12. The molecule has 0 aromatic heterocycles. The van der Waals surface area contributed by atoms with E-state index in [9.17, 15) is 19.2 Å². The quantitative estimate of drug-likeness (QED) is 0.0752. The predicted molar refractivity (Wildman–Crippen MR) is 133 cm³/mol. The van der Waals surface area contributed by atoms with E-state index in [0.717, 1.165) is 25.7 Å². The second-order valence-corrected chi connectivity index (χ2v) is 10.1. The molecule has 0 atom stereocenters. The van der Waals surface area contributed by atoms with Crippen LogP contribution in [0.15, 0.2) is 0 Å². The average Bonchev–Trinajstić information content (AvgIpc) is 2.88. The molecule has 0 heterocycles. The lowest BCUT2D eigenvalue weighted by Gasteiger charge is -2.26. The fourth-order valence-electron chi connectivity index (χ4n) is 2.33. The molecule has 0 amide bonds. The van der Waals surface area contributed by atoms with Gasteiger partial charge >= 0.3 is 32.9 Å². The average molecular weight is 553 g/mol. The van der Waals surface area contributed by atoms with Crippen LogP contribution in [0.2, 0.25) is 0 Å². The molecule has 0 bridgehead atoms. The Kier molecular flexibility index (Phi) is 21.8. The molecule has 0 fully saturated rings. The first-order valence-electron chi connectivity index (χ1n) is 13.0. The van der Waals surface area contributed by atoms with Gasteiger partial charge in [-0.1, -0.05) is 53.4 Å². The molecule has 0 aromatic rings. The van der Waals surface area contributed by atoms with Gasteiger partial charge in [-0.2, -0.15) is 0 Å². The molecule has 0 saturated heterocycles. The third-order valence-corrected chi connectivity index (χ3v) is 6.50. The maximum absolute atomic E-state index is 12.1. The summed E-state index contributed by atoms with van der Waals surface area (Å²) in [6.45, 7) is 5.89. The van der Waals surface area contributed by atoms with E-state index < -0.39 is 59.4 Å². The lowest BCUT2D eigenvalue weighted by atomic mass is 10.4. The van der Waals surface area contributed by atoms with E-state index in [2.05, 4.69) is 0 Å². The second-order valence-electron chi connectivity index (χ2n) is 7.95. The predicted octanol–water partition coefficient (Wildman–Crippen LogP) is 2.86. The molecule has 0 aliphatic carbocycles. The minimum atomic E-state index is -4.44. The van der Waals surface area contributed by atoms with E-state index in [1.54, 1.807) is 0 Å². The van der Waals surface area contributed by atoms with E-state index in [-0.39, 0.29) is 26.4 Å². The molecule has 0 rings (SSSR count). The van der Waals surface area contributed by atoms with E-state index in [1.807, 2.05) is 27.7 Å². The Morgan fingerprint density at radius 3 is 0.838 bits per heavy atom. The zero-order chi connectivity index (χ0) is 27.8. The summed E-state index contributed by atoms with van der Waals surface area (Å²) >= 11 is 0. The summed E-state index contributed by atoms with van der Waals surface area (Å²) in [4.78, 5) is 48.5. The standard InChI is InChI=1S/C24H44O12Si/c1-5-9-13-29-21(25)17-33-37(34-18-22(26)30-14-10-6-2,35-19-23(27)31-15-11-7-3)36-20-24(28)32-16-12-8-4/h5-20H2,1-4H3. The van der Waals surface area contributed by atoms with Crippen LogP contribution in [0, 0.1) is 0 Å². The largest absolute Gasteiger partial charge is 0.681 e. The zero-order valence-corrected chi connectivity index (χ0v) is 23.7. The highest BCUT2D eigenvalue weighted by Crippen LogP contribution is 2.14. The molecule has 0 N–H and O–H groups in total. The van der Waals surface area contributed by atoms with Crippen LogP contribution in [0.3, 0.4) is 0 Å². The summed E-state index contributed by atoms with van der Waals surface area (Å²) in [5, 5.41) is 0. The van der Waals surface area contributed by atoms with Gasteiger partial charge in [-0.3, -0.25) is 0 Å². The molecule has 0 aliphatic heterocycles. The number of ether oxygens (including phenoxy) is 4. The van der Waals surface area contributed by atoms with Gasteiger partial charge in [0.25, 0.3) is 0 Å². The van der Waals surface area contributed by atoms with E-state index >= 15 is 0 Å². The molecule has 0 spiro atoms. The van der Waals surface area contributed by atoms with Crippen molar-refractivity contribution in [2.75, 3.05) is 52.9 Å². The molecule has 37 heavy (non-hydrogen) atoms. The normalized spacial score (nSPS) is 11.1. The first-order chi connectivity index (χ1) is 17.8. The van der Waals surface area contributed by atoms with E-state index in [1.165, 1.54) is 0 Å². The number of rotatable bonds is 24. The summed E-state index contributed by atoms with van der Waals surface area (Å²) in [6.07, 6.45) is 5.93. The third-order valence-electron chi connectivity index (χ3n) is 4.51. The van der Waals surface area contributed by atoms with Crippen molar-refractivity contribution in [3.05, 3.63) is 0 Å². The van der Waals surface area contributed by atoms with Crippen molar-refractivity contribution in [1.82, 2.24) is 0 Å². The number of carbonyl (C=O) groups is 4. The highest BCUT2D eigenvalue weighted by Gasteiger charge is 2.49. The van der Waals surface area contributed by atoms with Crippen molar-refractivity contribution in [3.63, 3.8) is 0 Å². The highest BCUT2D eigenvalue weighted by atomic mass is 28.4. The Labute approximate surface area is 221 Å². The maximum atomic E-state index is 12.1. The third kappa shape index (κ3) is 19.7. The van der Waals surface area contributed by atoms with Crippen LogP contribution in [0.25, 0.3) is 0 Å². The van der Waals surface area contributed by atoms with Crippen LogP contribution in [-0.4, -0.2) is 85.8 Å². The SMILES string of the molecule is CCCCOC(=O)CO[Si](OCC(=O)OCCCC)(OCC(=O)OCCCC)OCC(=O)OCCCC. The summed E-state index contributed by atoms with van der Waals surface area (Å²) in [5.74, 6) is -2.93. The van der Waals surface area contributed by atoms with Gasteiger partial charge < -0.3 is 36.7 Å². The summed E-state index contributed by atoms with van der Waals surface area (Å²) in [7, 11) is -4.44. The van der Waals surface area contributed by atoms with Crippen molar-refractivity contribution in [3.8, 4) is 0 Å². The first kappa shape index (κ1) is 34.9. The van der Waals surface area contributed by atoms with Gasteiger partial charge in [0.05, 0.1) is 26.4 Å². The van der Waals surface area contributed by atoms with Gasteiger partial charge in [0.1, 0.15) is 26.4 Å². The lowest BCUT2D eigenvalue weighted by Crippen LogP contribution is -2.53. The monoisotopic (exact) mass is 552 g/mol. The smallest absolute Gasteiger partial charge is 0.464 e. The number of hydrogen-bond donors (Lipinski definition) is 0. The first-order valence-corrected chi connectivity index (χ1v) is 14.6. The summed E-state index contributed by atoms with van der Waals surface area (Å²) in [5.41, 5.74) is 0. The van der Waals surface area contributed by atoms with Crippen molar-refractivity contribution < 1.29 is 55.8 Å². The molecule has 216 valence electrons. The fraction of sp³-hybridized carbons (Fsp3) is 0.833. The highest BCUT2D eigenvalue weighted by molar-refractivity contribution is 6.54. The number of esters is 4. The summed E-state index contributed by atoms with van der Waals surface area (Å²) in [6, 6.07) is 0. The van der Waals surface area contributed by atoms with Gasteiger partial charge in [-0.05, 0) is 25.7 Å². The Morgan fingerprint density at radius 1 is 0.432 bits per heavy atom. The van der Waals surface area contributed by atoms with Crippen molar-refractivity contribution >= 4 is 32.9 Å². The number of unbranched alkanes of at least 4 members (excludes halogenated alkanes) is 4. The number of carbonyl (C=O) groups excluding carboxylic acids is 4. The summed E-state index contributed by atoms with van der Waals surface area (Å²) < 4.78 is 42.4. The van der Waals surface area contributed by atoms with Gasteiger partial charge in [0.2, 0.25) is 0 Å². The molecule has 0 saturated carbocycles. The minimum absolute atomic E-state index is 0.188. The van der Waals surface area contributed by atoms with Gasteiger partial charge in [-0.15, -0.1) is 0 Å². The van der Waals surface area contributed by atoms with E-state index in [0.29, 0.717) is 25.7 Å². The maximum Gasteiger partial charge on any atom is 0.681 e. The molecule has 13 heteroatoms. The van der Waals surface area contributed by atoms with Crippen molar-refractivity contribution in [2.45, 2.75) is 79.1 Å². The molecule has 12 nitrogen and oxygen atoms in total. The Balaban J connectivity index is 5.45. The molecular formula is C24H44O12Si. The molecular weight excluding hydrogens is 508 g/mol. The van der Waals surface area contributed by atoms with Gasteiger partial charge in [-0.25, -0.2) is 19.2 Å². The van der Waals surface area contributed by atoms with Gasteiger partial charge in [0, 0.05) is 0 Å². The zero-order valence-electron chi connectivity index (χ0n) is 22.7. The molecule has 0 aliphatic rings. The Morgan fingerprint density at radius 2 is 0.649 bits per heavy atom. The van der Waals surface area contributed by atoms with Crippen LogP contribution in [-0.2, 0) is 55.8 Å². The fourth-order valence-corrected chi connectivity index (χ4v) is 4.01. The van der Waals surface area contributed by atoms with Crippen LogP contribution in [0.5, 0.6) is 0 Å². The lowest BCUT2D eigenvalue weighted by molar-refractivity contribution is -0.159. The molecule has 0 unspecified atom stereocenters. The minimum Gasteiger partial charge on any atom is -0.464 e. The van der Waals surface area contributed by atoms with Crippen LogP contribution < -0.4 is 0 Å². The van der Waals surface area contributed by atoms with Gasteiger partial charge in [0.15, 0.2) is 0 Å². The second kappa shape index (κ2) is 23.1. The van der Waals surface area contributed by atoms with Crippen molar-refractivity contribution in [1.29, 1.82) is 0 Å². The molecule has 0 aromatic carbocycles. The van der Waals surface area contributed by atoms with Crippen LogP contribution in [0.4, 0.5) is 0 Å². The Hall–Kier alpha value is -2.06. The van der Waals surface area contributed by atoms with E-state index in [4.69, 9.17) is 36.7 Å².